The number of nitrogens with one attached hydrogen (secondary N) is 1. The van der Waals surface area contributed by atoms with Gasteiger partial charge in [0, 0.05) is 11.8 Å². The largest absolute Gasteiger partial charge is 0.481 e. The van der Waals surface area contributed by atoms with E-state index >= 15 is 0 Å². The first kappa shape index (κ1) is 17.7. The lowest BCUT2D eigenvalue weighted by Crippen LogP contribution is -2.14. The second-order valence-corrected chi connectivity index (χ2v) is 6.23. The molecule has 3 rings (SSSR count). The highest BCUT2D eigenvalue weighted by molar-refractivity contribution is 6.05. The number of benzene rings is 1. The van der Waals surface area contributed by atoms with Gasteiger partial charge in [0.05, 0.1) is 36.8 Å². The van der Waals surface area contributed by atoms with E-state index in [9.17, 15) is 4.79 Å². The van der Waals surface area contributed by atoms with Crippen molar-refractivity contribution in [3.8, 4) is 5.88 Å². The van der Waals surface area contributed by atoms with Crippen LogP contribution in [0.25, 0.3) is 0 Å². The molecular weight excluding hydrogens is 328 g/mol. The average molecular weight is 350 g/mol. The molecule has 3 aromatic rings. The summed E-state index contributed by atoms with van der Waals surface area (Å²) in [5.41, 5.74) is 5.10. The van der Waals surface area contributed by atoms with Gasteiger partial charge in [0.1, 0.15) is 0 Å². The molecule has 2 heterocycles. The molecule has 0 saturated carbocycles. The van der Waals surface area contributed by atoms with Crippen molar-refractivity contribution in [2.24, 2.45) is 0 Å². The van der Waals surface area contributed by atoms with E-state index in [2.05, 4.69) is 46.6 Å². The molecule has 134 valence electrons. The predicted octanol–water partition coefficient (Wildman–Crippen LogP) is 3.51. The number of pyridine rings is 1. The van der Waals surface area contributed by atoms with Crippen LogP contribution in [0.5, 0.6) is 5.88 Å². The van der Waals surface area contributed by atoms with Crippen molar-refractivity contribution >= 4 is 11.6 Å². The molecular formula is C20H22N4O2. The Morgan fingerprint density at radius 1 is 1.12 bits per heavy atom. The maximum Gasteiger partial charge on any atom is 0.259 e. The van der Waals surface area contributed by atoms with Crippen LogP contribution in [-0.2, 0) is 6.54 Å². The van der Waals surface area contributed by atoms with Gasteiger partial charge in [0.25, 0.3) is 5.91 Å². The van der Waals surface area contributed by atoms with E-state index in [4.69, 9.17) is 4.74 Å². The zero-order valence-electron chi connectivity index (χ0n) is 15.4. The Hall–Kier alpha value is -3.15. The Morgan fingerprint density at radius 3 is 2.46 bits per heavy atom. The molecule has 2 aromatic heterocycles. The van der Waals surface area contributed by atoms with Crippen molar-refractivity contribution in [3.63, 3.8) is 0 Å². The van der Waals surface area contributed by atoms with Crippen molar-refractivity contribution in [2.45, 2.75) is 27.3 Å². The van der Waals surface area contributed by atoms with Gasteiger partial charge in [-0.2, -0.15) is 5.10 Å². The van der Waals surface area contributed by atoms with Crippen LogP contribution in [0.4, 0.5) is 5.69 Å². The lowest BCUT2D eigenvalue weighted by atomic mass is 10.1. The number of aromatic nitrogens is 3. The Morgan fingerprint density at radius 2 is 1.85 bits per heavy atom. The minimum absolute atomic E-state index is 0.192. The zero-order chi connectivity index (χ0) is 18.7. The number of carbonyl (C=O) groups is 1. The maximum atomic E-state index is 12.7. The van der Waals surface area contributed by atoms with E-state index in [0.717, 1.165) is 11.3 Å². The monoisotopic (exact) mass is 350 g/mol. The van der Waals surface area contributed by atoms with Gasteiger partial charge in [0.15, 0.2) is 0 Å². The SMILES string of the molecule is COc1ccc(NC(=O)c2c(C)nn(Cc3ccc(C)cc3)c2C)cn1. The van der Waals surface area contributed by atoms with Crippen molar-refractivity contribution in [1.29, 1.82) is 0 Å². The normalized spacial score (nSPS) is 10.6. The fraction of sp³-hybridized carbons (Fsp3) is 0.250. The molecule has 0 bridgehead atoms. The number of carbonyl (C=O) groups excluding carboxylic acids is 1. The highest BCUT2D eigenvalue weighted by Gasteiger charge is 2.19. The van der Waals surface area contributed by atoms with Crippen LogP contribution in [0.2, 0.25) is 0 Å². The minimum atomic E-state index is -0.192. The van der Waals surface area contributed by atoms with Gasteiger partial charge in [-0.05, 0) is 32.4 Å². The summed E-state index contributed by atoms with van der Waals surface area (Å²) < 4.78 is 6.89. The first-order chi connectivity index (χ1) is 12.5. The van der Waals surface area contributed by atoms with Crippen molar-refractivity contribution in [2.75, 3.05) is 12.4 Å². The third-order valence-electron chi connectivity index (χ3n) is 4.26. The Bertz CT molecular complexity index is 912. The maximum absolute atomic E-state index is 12.7. The fourth-order valence-electron chi connectivity index (χ4n) is 2.81. The number of rotatable bonds is 5. The molecule has 0 unspecified atom stereocenters. The minimum Gasteiger partial charge on any atom is -0.481 e. The summed E-state index contributed by atoms with van der Waals surface area (Å²) in [5.74, 6) is 0.309. The molecule has 6 heteroatoms. The first-order valence-electron chi connectivity index (χ1n) is 8.39. The molecule has 0 atom stereocenters. The third-order valence-corrected chi connectivity index (χ3v) is 4.26. The summed E-state index contributed by atoms with van der Waals surface area (Å²) in [6.07, 6.45) is 1.57. The van der Waals surface area contributed by atoms with Crippen LogP contribution in [0, 0.1) is 20.8 Å². The number of amides is 1. The number of nitrogens with zero attached hydrogens (tertiary/aromatic N) is 3. The molecule has 26 heavy (non-hydrogen) atoms. The topological polar surface area (TPSA) is 69.0 Å². The molecule has 1 aromatic carbocycles. The quantitative estimate of drug-likeness (QED) is 0.764. The molecule has 0 radical (unpaired) electrons. The summed E-state index contributed by atoms with van der Waals surface area (Å²) in [5, 5.41) is 7.40. The Balaban J connectivity index is 1.79. The van der Waals surface area contributed by atoms with Crippen LogP contribution >= 0.6 is 0 Å². The molecule has 0 saturated heterocycles. The number of methoxy groups -OCH3 is 1. The van der Waals surface area contributed by atoms with Crippen molar-refractivity contribution in [3.05, 3.63) is 70.7 Å². The van der Waals surface area contributed by atoms with E-state index in [1.54, 1.807) is 25.4 Å². The van der Waals surface area contributed by atoms with E-state index in [1.165, 1.54) is 5.56 Å². The molecule has 1 amide bonds. The van der Waals surface area contributed by atoms with Crippen LogP contribution in [0.15, 0.2) is 42.6 Å². The Kier molecular flexibility index (Phi) is 5.02. The highest BCUT2D eigenvalue weighted by Crippen LogP contribution is 2.18. The predicted molar refractivity (Wildman–Crippen MR) is 101 cm³/mol. The van der Waals surface area contributed by atoms with Gasteiger partial charge in [-0.15, -0.1) is 0 Å². The molecule has 1 N–H and O–H groups in total. The molecule has 0 aliphatic carbocycles. The number of hydrogen-bond donors (Lipinski definition) is 1. The van der Waals surface area contributed by atoms with E-state index in [1.807, 2.05) is 18.5 Å². The van der Waals surface area contributed by atoms with Crippen molar-refractivity contribution < 1.29 is 9.53 Å². The fourth-order valence-corrected chi connectivity index (χ4v) is 2.81. The second-order valence-electron chi connectivity index (χ2n) is 6.23. The van der Waals surface area contributed by atoms with Crippen molar-refractivity contribution in [1.82, 2.24) is 14.8 Å². The first-order valence-corrected chi connectivity index (χ1v) is 8.39. The van der Waals surface area contributed by atoms with E-state index in [-0.39, 0.29) is 5.91 Å². The smallest absolute Gasteiger partial charge is 0.259 e. The Labute approximate surface area is 152 Å². The second kappa shape index (κ2) is 7.39. The molecule has 0 aliphatic heterocycles. The molecule has 0 aliphatic rings. The molecule has 0 spiro atoms. The number of aryl methyl sites for hydroxylation is 2. The zero-order valence-corrected chi connectivity index (χ0v) is 15.4. The number of hydrogen-bond acceptors (Lipinski definition) is 4. The summed E-state index contributed by atoms with van der Waals surface area (Å²) in [4.78, 5) is 16.8. The van der Waals surface area contributed by atoms with E-state index < -0.39 is 0 Å². The van der Waals surface area contributed by atoms with Gasteiger partial charge in [0.2, 0.25) is 5.88 Å². The van der Waals surface area contributed by atoms with Gasteiger partial charge < -0.3 is 10.1 Å². The van der Waals surface area contributed by atoms with Gasteiger partial charge in [-0.1, -0.05) is 29.8 Å². The number of anilines is 1. The van der Waals surface area contributed by atoms with Gasteiger partial charge in [-0.3, -0.25) is 9.48 Å². The van der Waals surface area contributed by atoms with Gasteiger partial charge >= 0.3 is 0 Å². The van der Waals surface area contributed by atoms with Gasteiger partial charge in [-0.25, -0.2) is 4.98 Å². The lowest BCUT2D eigenvalue weighted by Gasteiger charge is -2.07. The summed E-state index contributed by atoms with van der Waals surface area (Å²) in [7, 11) is 1.55. The van der Waals surface area contributed by atoms with E-state index in [0.29, 0.717) is 29.4 Å². The molecule has 6 nitrogen and oxygen atoms in total. The van der Waals surface area contributed by atoms with Crippen LogP contribution < -0.4 is 10.1 Å². The average Bonchev–Trinajstić information content (AvgIpc) is 2.91. The number of ether oxygens (including phenoxy) is 1. The van der Waals surface area contributed by atoms with Crippen LogP contribution in [-0.4, -0.2) is 27.8 Å². The van der Waals surface area contributed by atoms with Crippen LogP contribution in [0.3, 0.4) is 0 Å². The summed E-state index contributed by atoms with van der Waals surface area (Å²) in [6.45, 7) is 6.45. The lowest BCUT2D eigenvalue weighted by molar-refractivity contribution is 0.102. The third kappa shape index (κ3) is 3.74. The summed E-state index contributed by atoms with van der Waals surface area (Å²) >= 11 is 0. The summed E-state index contributed by atoms with van der Waals surface area (Å²) in [6, 6.07) is 11.8. The highest BCUT2D eigenvalue weighted by atomic mass is 16.5. The van der Waals surface area contributed by atoms with Crippen LogP contribution in [0.1, 0.15) is 32.9 Å². The standard InChI is InChI=1S/C20H22N4O2/c1-13-5-7-16(8-6-13)12-24-15(3)19(14(2)23-24)20(25)22-17-9-10-18(26-4)21-11-17/h5-11H,12H2,1-4H3,(H,22,25). The molecule has 0 fully saturated rings.